The number of carbonyl (C=O) groups is 3. The lowest BCUT2D eigenvalue weighted by atomic mass is 9.98. The van der Waals surface area contributed by atoms with Crippen LogP contribution in [-0.2, 0) is 16.1 Å². The van der Waals surface area contributed by atoms with E-state index in [0.717, 1.165) is 11.3 Å². The first-order chi connectivity index (χ1) is 17.1. The number of imide groups is 1. The van der Waals surface area contributed by atoms with Gasteiger partial charge in [0.1, 0.15) is 6.17 Å². The van der Waals surface area contributed by atoms with Gasteiger partial charge in [-0.15, -0.1) is 0 Å². The Morgan fingerprint density at radius 3 is 2.19 bits per heavy atom. The van der Waals surface area contributed by atoms with Crippen LogP contribution in [0.4, 0.5) is 0 Å². The number of nitriles is 1. The van der Waals surface area contributed by atoms with Crippen molar-refractivity contribution in [3.63, 3.8) is 0 Å². The number of carbonyl (C=O) groups excluding carboxylic acids is 3. The minimum Gasteiger partial charge on any atom is -0.444 e. The summed E-state index contributed by atoms with van der Waals surface area (Å²) in [6, 6.07) is 16.4. The van der Waals surface area contributed by atoms with Crippen molar-refractivity contribution in [2.75, 3.05) is 13.3 Å². The normalized spacial score (nSPS) is 17.2. The van der Waals surface area contributed by atoms with Crippen LogP contribution in [-0.4, -0.2) is 51.9 Å². The molecule has 36 heavy (non-hydrogen) atoms. The van der Waals surface area contributed by atoms with Gasteiger partial charge < -0.3 is 14.5 Å². The van der Waals surface area contributed by atoms with Crippen LogP contribution in [0.1, 0.15) is 66.0 Å². The SMILES string of the molecule is CC1N(COC(=O)C(C)(C)C)C=C(CCN2C(=O)c3ccccc3C2=O)N1Cc1ccc(C#N)cc1. The Labute approximate surface area is 211 Å². The van der Waals surface area contributed by atoms with Crippen molar-refractivity contribution in [1.82, 2.24) is 14.7 Å². The maximum Gasteiger partial charge on any atom is 0.312 e. The molecule has 0 N–H and O–H groups in total. The average Bonchev–Trinajstić information content (AvgIpc) is 3.29. The molecule has 2 aromatic rings. The summed E-state index contributed by atoms with van der Waals surface area (Å²) in [6.07, 6.45) is 2.27. The summed E-state index contributed by atoms with van der Waals surface area (Å²) >= 11 is 0. The Kier molecular flexibility index (Phi) is 6.84. The van der Waals surface area contributed by atoms with Gasteiger partial charge in [0, 0.05) is 31.4 Å². The zero-order valence-electron chi connectivity index (χ0n) is 21.0. The van der Waals surface area contributed by atoms with Gasteiger partial charge in [0.05, 0.1) is 28.2 Å². The van der Waals surface area contributed by atoms with Gasteiger partial charge in [-0.1, -0.05) is 24.3 Å². The lowest BCUT2D eigenvalue weighted by molar-refractivity contribution is -0.158. The van der Waals surface area contributed by atoms with Gasteiger partial charge in [-0.05, 0) is 57.5 Å². The van der Waals surface area contributed by atoms with E-state index in [-0.39, 0.29) is 37.2 Å². The van der Waals surface area contributed by atoms with Gasteiger partial charge in [0.25, 0.3) is 11.8 Å². The van der Waals surface area contributed by atoms with E-state index in [1.165, 1.54) is 4.90 Å². The molecule has 0 radical (unpaired) electrons. The lowest BCUT2D eigenvalue weighted by Crippen LogP contribution is -2.39. The van der Waals surface area contributed by atoms with Crippen LogP contribution in [0.5, 0.6) is 0 Å². The highest BCUT2D eigenvalue weighted by molar-refractivity contribution is 6.21. The Bertz CT molecular complexity index is 1220. The molecule has 2 heterocycles. The minimum absolute atomic E-state index is 0.0949. The smallest absolute Gasteiger partial charge is 0.312 e. The second-order valence-corrected chi connectivity index (χ2v) is 10.1. The van der Waals surface area contributed by atoms with Crippen molar-refractivity contribution in [3.05, 3.63) is 82.7 Å². The summed E-state index contributed by atoms with van der Waals surface area (Å²) in [5.74, 6) is -0.852. The first-order valence-corrected chi connectivity index (χ1v) is 11.9. The third-order valence-corrected chi connectivity index (χ3v) is 6.48. The van der Waals surface area contributed by atoms with Crippen molar-refractivity contribution < 1.29 is 19.1 Å². The van der Waals surface area contributed by atoms with E-state index in [4.69, 9.17) is 10.00 Å². The van der Waals surface area contributed by atoms with Gasteiger partial charge in [0.2, 0.25) is 0 Å². The first-order valence-electron chi connectivity index (χ1n) is 11.9. The van der Waals surface area contributed by atoms with E-state index in [2.05, 4.69) is 11.0 Å². The second-order valence-electron chi connectivity index (χ2n) is 10.1. The number of hydrogen-bond donors (Lipinski definition) is 0. The molecule has 0 spiro atoms. The van der Waals surface area contributed by atoms with Crippen molar-refractivity contribution in [1.29, 1.82) is 5.26 Å². The van der Waals surface area contributed by atoms with Crippen LogP contribution in [0.15, 0.2) is 60.4 Å². The molecular formula is C28H30N4O4. The summed E-state index contributed by atoms with van der Waals surface area (Å²) in [5, 5.41) is 9.10. The van der Waals surface area contributed by atoms with E-state index < -0.39 is 5.41 Å². The van der Waals surface area contributed by atoms with Crippen molar-refractivity contribution in [3.8, 4) is 6.07 Å². The van der Waals surface area contributed by atoms with Crippen molar-refractivity contribution in [2.45, 2.75) is 46.8 Å². The molecule has 2 amide bonds. The maximum absolute atomic E-state index is 12.8. The number of ether oxygens (including phenoxy) is 1. The third kappa shape index (κ3) is 4.96. The molecule has 0 aromatic heterocycles. The number of fused-ring (bicyclic) bond motifs is 1. The third-order valence-electron chi connectivity index (χ3n) is 6.48. The van der Waals surface area contributed by atoms with Crippen LogP contribution in [0.2, 0.25) is 0 Å². The standard InChI is InChI=1S/C28H30N4O4/c1-19-30(18-36-27(35)28(2,3)4)17-22(32(19)16-21-11-9-20(15-29)10-12-21)13-14-31-25(33)23-7-5-6-8-24(23)26(31)34/h5-12,17,19H,13-14,16,18H2,1-4H3. The van der Waals surface area contributed by atoms with Crippen LogP contribution in [0.25, 0.3) is 0 Å². The summed E-state index contributed by atoms with van der Waals surface area (Å²) in [7, 11) is 0. The van der Waals surface area contributed by atoms with E-state index >= 15 is 0 Å². The first kappa shape index (κ1) is 25.0. The Morgan fingerprint density at radius 2 is 1.64 bits per heavy atom. The zero-order chi connectivity index (χ0) is 26.0. The number of nitrogens with zero attached hydrogens (tertiary/aromatic N) is 4. The molecule has 4 rings (SSSR count). The Balaban J connectivity index is 1.51. The van der Waals surface area contributed by atoms with Crippen molar-refractivity contribution in [2.24, 2.45) is 5.41 Å². The summed E-state index contributed by atoms with van der Waals surface area (Å²) < 4.78 is 5.55. The molecule has 1 unspecified atom stereocenters. The Morgan fingerprint density at radius 1 is 1.03 bits per heavy atom. The highest BCUT2D eigenvalue weighted by Gasteiger charge is 2.36. The quantitative estimate of drug-likeness (QED) is 0.430. The van der Waals surface area contributed by atoms with Gasteiger partial charge in [0.15, 0.2) is 6.73 Å². The van der Waals surface area contributed by atoms with Crippen LogP contribution < -0.4 is 0 Å². The molecule has 2 aromatic carbocycles. The van der Waals surface area contributed by atoms with E-state index in [0.29, 0.717) is 29.7 Å². The van der Waals surface area contributed by atoms with Crippen LogP contribution in [0.3, 0.4) is 0 Å². The molecule has 2 aliphatic heterocycles. The second kappa shape index (κ2) is 9.86. The fourth-order valence-electron chi connectivity index (χ4n) is 4.28. The molecule has 0 saturated carbocycles. The molecule has 0 fully saturated rings. The monoisotopic (exact) mass is 486 g/mol. The number of benzene rings is 2. The fourth-order valence-corrected chi connectivity index (χ4v) is 4.28. The molecule has 186 valence electrons. The van der Waals surface area contributed by atoms with E-state index in [1.54, 1.807) is 36.4 Å². The van der Waals surface area contributed by atoms with Crippen LogP contribution in [0, 0.1) is 16.7 Å². The summed E-state index contributed by atoms with van der Waals surface area (Å²) in [4.78, 5) is 43.4. The molecule has 0 saturated heterocycles. The van der Waals surface area contributed by atoms with Gasteiger partial charge in [-0.2, -0.15) is 5.26 Å². The number of amides is 2. The maximum atomic E-state index is 12.8. The molecular weight excluding hydrogens is 456 g/mol. The molecule has 2 aliphatic rings. The van der Waals surface area contributed by atoms with E-state index in [1.807, 2.05) is 50.9 Å². The van der Waals surface area contributed by atoms with Crippen molar-refractivity contribution >= 4 is 17.8 Å². The highest BCUT2D eigenvalue weighted by Crippen LogP contribution is 2.30. The zero-order valence-corrected chi connectivity index (χ0v) is 21.0. The Hall–Kier alpha value is -4.12. The van der Waals surface area contributed by atoms with Gasteiger partial charge in [-0.25, -0.2) is 0 Å². The molecule has 0 bridgehead atoms. The fraction of sp³-hybridized carbons (Fsp3) is 0.357. The topological polar surface area (TPSA) is 93.9 Å². The predicted octanol–water partition coefficient (Wildman–Crippen LogP) is 4.10. The lowest BCUT2D eigenvalue weighted by Gasteiger charge is -2.32. The minimum atomic E-state index is -0.608. The molecule has 8 nitrogen and oxygen atoms in total. The molecule has 1 atom stereocenters. The number of rotatable bonds is 7. The number of esters is 1. The highest BCUT2D eigenvalue weighted by atomic mass is 16.5. The van der Waals surface area contributed by atoms with Gasteiger partial charge >= 0.3 is 5.97 Å². The largest absolute Gasteiger partial charge is 0.444 e. The summed E-state index contributed by atoms with van der Waals surface area (Å²) in [6.45, 7) is 8.34. The molecule has 0 aliphatic carbocycles. The van der Waals surface area contributed by atoms with Gasteiger partial charge in [-0.3, -0.25) is 19.3 Å². The predicted molar refractivity (Wildman–Crippen MR) is 133 cm³/mol. The molecule has 8 heteroatoms. The average molecular weight is 487 g/mol. The van der Waals surface area contributed by atoms with E-state index in [9.17, 15) is 14.4 Å². The summed E-state index contributed by atoms with van der Waals surface area (Å²) in [5.41, 5.74) is 2.79. The van der Waals surface area contributed by atoms with Crippen LogP contribution >= 0.6 is 0 Å². The number of hydrogen-bond acceptors (Lipinski definition) is 7.